The SMILES string of the molecule is NC(N)=[NH2+].O=S(=O)(O)Oc1cccc2cc3ccc4cc5cc6ccccc6cc5cc4c3cc12. The summed E-state index contributed by atoms with van der Waals surface area (Å²) in [5, 5.41) is 14.9. The molecule has 0 radical (unpaired) electrons. The fourth-order valence-corrected chi connectivity index (χ4v) is 4.80. The zero-order chi connectivity index (χ0) is 24.7. The molecule has 0 aliphatic carbocycles. The normalized spacial score (nSPS) is 11.6. The third kappa shape index (κ3) is 4.52. The molecule has 0 saturated carbocycles. The summed E-state index contributed by atoms with van der Waals surface area (Å²) in [6, 6.07) is 30.3. The van der Waals surface area contributed by atoms with E-state index in [1.807, 2.05) is 30.3 Å². The van der Waals surface area contributed by atoms with Gasteiger partial charge in [-0.3, -0.25) is 21.4 Å². The highest BCUT2D eigenvalue weighted by atomic mass is 32.3. The van der Waals surface area contributed by atoms with Crippen LogP contribution in [0.5, 0.6) is 5.75 Å². The average molecular weight is 485 g/mol. The van der Waals surface area contributed by atoms with Crippen molar-refractivity contribution in [3.05, 3.63) is 91.0 Å². The van der Waals surface area contributed by atoms with Crippen LogP contribution in [0.4, 0.5) is 0 Å². The molecular formula is C27H22N3O4S+. The van der Waals surface area contributed by atoms with Crippen LogP contribution in [0.2, 0.25) is 0 Å². The van der Waals surface area contributed by atoms with Gasteiger partial charge in [-0.1, -0.05) is 48.5 Å². The van der Waals surface area contributed by atoms with Crippen LogP contribution in [0.1, 0.15) is 0 Å². The molecular weight excluding hydrogens is 462 g/mol. The van der Waals surface area contributed by atoms with Crippen molar-refractivity contribution in [1.29, 1.82) is 0 Å². The molecule has 0 aliphatic rings. The van der Waals surface area contributed by atoms with Gasteiger partial charge in [0.1, 0.15) is 0 Å². The molecule has 7 N–H and O–H groups in total. The number of hydrogen-bond acceptors (Lipinski definition) is 3. The lowest BCUT2D eigenvalue weighted by atomic mass is 9.94. The molecule has 35 heavy (non-hydrogen) atoms. The molecule has 7 nitrogen and oxygen atoms in total. The van der Waals surface area contributed by atoms with Crippen LogP contribution >= 0.6 is 0 Å². The van der Waals surface area contributed by atoms with Crippen molar-refractivity contribution >= 4 is 70.2 Å². The Morgan fingerprint density at radius 3 is 1.69 bits per heavy atom. The molecule has 6 aromatic carbocycles. The first-order chi connectivity index (χ1) is 16.7. The van der Waals surface area contributed by atoms with Gasteiger partial charge in [0.25, 0.3) is 0 Å². The quantitative estimate of drug-likeness (QED) is 0.0972. The molecule has 0 bridgehead atoms. The maximum Gasteiger partial charge on any atom is 0.446 e. The highest BCUT2D eigenvalue weighted by molar-refractivity contribution is 7.81. The molecule has 0 heterocycles. The Morgan fingerprint density at radius 1 is 0.629 bits per heavy atom. The first kappa shape index (κ1) is 22.4. The number of guanidine groups is 1. The molecule has 8 heteroatoms. The number of nitrogens with two attached hydrogens (primary N) is 3. The summed E-state index contributed by atoms with van der Waals surface area (Å²) in [7, 11) is -4.61. The number of hydrogen-bond donors (Lipinski definition) is 4. The summed E-state index contributed by atoms with van der Waals surface area (Å²) >= 11 is 0. The summed E-state index contributed by atoms with van der Waals surface area (Å²) in [4.78, 5) is 0. The second-order valence-corrected chi connectivity index (χ2v) is 9.27. The van der Waals surface area contributed by atoms with Crippen LogP contribution in [-0.4, -0.2) is 18.9 Å². The Labute approximate surface area is 201 Å². The van der Waals surface area contributed by atoms with Gasteiger partial charge >= 0.3 is 16.4 Å². The monoisotopic (exact) mass is 484 g/mol. The van der Waals surface area contributed by atoms with Crippen LogP contribution in [0.3, 0.4) is 0 Å². The second-order valence-electron chi connectivity index (χ2n) is 8.25. The van der Waals surface area contributed by atoms with Gasteiger partial charge in [-0.05, 0) is 90.9 Å². The van der Waals surface area contributed by atoms with Crippen molar-refractivity contribution in [2.45, 2.75) is 0 Å². The summed E-state index contributed by atoms with van der Waals surface area (Å²) in [5.41, 5.74) is 9.17. The van der Waals surface area contributed by atoms with Gasteiger partial charge in [-0.25, -0.2) is 0 Å². The lowest BCUT2D eigenvalue weighted by Gasteiger charge is -2.11. The predicted molar refractivity (Wildman–Crippen MR) is 141 cm³/mol. The molecule has 0 unspecified atom stereocenters. The summed E-state index contributed by atoms with van der Waals surface area (Å²) in [5.74, 6) is 0.0192. The molecule has 0 spiro atoms. The van der Waals surface area contributed by atoms with E-state index in [0.29, 0.717) is 5.39 Å². The van der Waals surface area contributed by atoms with E-state index in [2.05, 4.69) is 65.4 Å². The van der Waals surface area contributed by atoms with Gasteiger partial charge in [0, 0.05) is 5.39 Å². The lowest BCUT2D eigenvalue weighted by molar-refractivity contribution is -0.116. The Hall–Kier alpha value is -4.40. The molecule has 0 amide bonds. The van der Waals surface area contributed by atoms with Gasteiger partial charge in [-0.2, -0.15) is 8.42 Å². The van der Waals surface area contributed by atoms with Crippen molar-refractivity contribution in [2.24, 2.45) is 11.5 Å². The summed E-state index contributed by atoms with van der Waals surface area (Å²) < 4.78 is 36.6. The average Bonchev–Trinajstić information content (AvgIpc) is 2.79. The summed E-state index contributed by atoms with van der Waals surface area (Å²) in [6.45, 7) is 0. The molecule has 6 rings (SSSR count). The van der Waals surface area contributed by atoms with E-state index in [9.17, 15) is 13.0 Å². The van der Waals surface area contributed by atoms with Crippen LogP contribution in [0.15, 0.2) is 91.0 Å². The summed E-state index contributed by atoms with van der Waals surface area (Å²) in [6.07, 6.45) is 0. The zero-order valence-corrected chi connectivity index (χ0v) is 19.3. The van der Waals surface area contributed by atoms with Crippen molar-refractivity contribution in [3.8, 4) is 5.75 Å². The Bertz CT molecular complexity index is 1900. The standard InChI is InChI=1S/C26H16O4S.CH5N3/c27-31(28,29)30-26-7-3-6-18-12-19-8-9-20-13-21-10-16-4-1-2-5-17(16)11-22(21)14-23(20)24(19)15-25(18)26;2-1(3)4/h1-15H,(H,27,28,29);(H5,2,3,4)/p+1. The smallest absolute Gasteiger partial charge is 0.361 e. The first-order valence-electron chi connectivity index (χ1n) is 10.7. The van der Waals surface area contributed by atoms with Crippen LogP contribution < -0.4 is 21.1 Å². The van der Waals surface area contributed by atoms with Crippen LogP contribution in [-0.2, 0) is 10.4 Å². The number of fused-ring (bicyclic) bond motifs is 6. The minimum absolute atomic E-state index is 0.0833. The fourth-order valence-electron chi connectivity index (χ4n) is 4.43. The molecule has 0 atom stereocenters. The Morgan fingerprint density at radius 2 is 1.09 bits per heavy atom. The van der Waals surface area contributed by atoms with E-state index in [1.54, 1.807) is 6.07 Å². The predicted octanol–water partition coefficient (Wildman–Crippen LogP) is 3.65. The van der Waals surface area contributed by atoms with Gasteiger partial charge in [0.15, 0.2) is 5.75 Å². The number of benzene rings is 6. The molecule has 0 saturated heterocycles. The van der Waals surface area contributed by atoms with Crippen molar-refractivity contribution in [3.63, 3.8) is 0 Å². The van der Waals surface area contributed by atoms with E-state index < -0.39 is 10.4 Å². The molecule has 0 aromatic heterocycles. The van der Waals surface area contributed by atoms with Crippen molar-refractivity contribution < 1.29 is 22.6 Å². The van der Waals surface area contributed by atoms with Gasteiger partial charge in [-0.15, -0.1) is 0 Å². The molecule has 174 valence electrons. The highest BCUT2D eigenvalue weighted by Gasteiger charge is 2.12. The minimum Gasteiger partial charge on any atom is -0.361 e. The Kier molecular flexibility index (Phi) is 5.39. The zero-order valence-electron chi connectivity index (χ0n) is 18.5. The second kappa shape index (κ2) is 8.43. The lowest BCUT2D eigenvalue weighted by Crippen LogP contribution is -2.51. The molecule has 0 aliphatic heterocycles. The van der Waals surface area contributed by atoms with Crippen molar-refractivity contribution in [2.75, 3.05) is 0 Å². The van der Waals surface area contributed by atoms with Gasteiger partial charge < -0.3 is 4.18 Å². The topological polar surface area (TPSA) is 141 Å². The van der Waals surface area contributed by atoms with Crippen LogP contribution in [0.25, 0.3) is 53.9 Å². The van der Waals surface area contributed by atoms with Gasteiger partial charge in [0.2, 0.25) is 0 Å². The third-order valence-corrected chi connectivity index (χ3v) is 6.20. The van der Waals surface area contributed by atoms with E-state index in [-0.39, 0.29) is 11.7 Å². The Balaban J connectivity index is 0.000000591. The van der Waals surface area contributed by atoms with E-state index in [1.165, 1.54) is 22.2 Å². The van der Waals surface area contributed by atoms with E-state index in [0.717, 1.165) is 32.3 Å². The molecule has 6 aromatic rings. The van der Waals surface area contributed by atoms with E-state index in [4.69, 9.17) is 4.18 Å². The third-order valence-electron chi connectivity index (χ3n) is 5.81. The van der Waals surface area contributed by atoms with Crippen molar-refractivity contribution in [1.82, 2.24) is 0 Å². The molecule has 0 fully saturated rings. The fraction of sp³-hybridized carbons (Fsp3) is 0. The van der Waals surface area contributed by atoms with Gasteiger partial charge in [0.05, 0.1) is 0 Å². The largest absolute Gasteiger partial charge is 0.446 e. The highest BCUT2D eigenvalue weighted by Crippen LogP contribution is 2.36. The first-order valence-corrected chi connectivity index (χ1v) is 12.1. The van der Waals surface area contributed by atoms with E-state index >= 15 is 0 Å². The number of rotatable bonds is 2. The maximum absolute atomic E-state index is 11.3. The maximum atomic E-state index is 11.3. The minimum atomic E-state index is -4.61. The van der Waals surface area contributed by atoms with Crippen LogP contribution in [0, 0.1) is 0 Å².